The summed E-state index contributed by atoms with van der Waals surface area (Å²) in [6.45, 7) is 1.93. The van der Waals surface area contributed by atoms with E-state index in [-0.39, 0.29) is 17.5 Å². The van der Waals surface area contributed by atoms with Crippen LogP contribution in [0.3, 0.4) is 0 Å². The van der Waals surface area contributed by atoms with E-state index >= 15 is 0 Å². The van der Waals surface area contributed by atoms with Gasteiger partial charge >= 0.3 is 5.97 Å². The molecule has 0 aliphatic carbocycles. The molecule has 1 aromatic heterocycles. The molecule has 6 heteroatoms. The molecule has 104 valence electrons. The number of rotatable bonds is 5. The summed E-state index contributed by atoms with van der Waals surface area (Å²) in [5, 5.41) is 11.7. The third kappa shape index (κ3) is 3.03. The first kappa shape index (κ1) is 13.8. The number of carboxylic acids is 1. The molecular weight excluding hydrogens is 258 g/mol. The van der Waals surface area contributed by atoms with Crippen molar-refractivity contribution in [1.82, 2.24) is 15.3 Å². The summed E-state index contributed by atoms with van der Waals surface area (Å²) in [5.74, 6) is -0.704. The first-order chi connectivity index (χ1) is 9.61. The van der Waals surface area contributed by atoms with Crippen LogP contribution >= 0.6 is 0 Å². The van der Waals surface area contributed by atoms with Crippen molar-refractivity contribution in [3.8, 4) is 0 Å². The molecule has 0 saturated carbocycles. The van der Waals surface area contributed by atoms with Gasteiger partial charge in [0.1, 0.15) is 5.82 Å². The molecule has 2 aromatic rings. The molecule has 1 aromatic carbocycles. The highest BCUT2D eigenvalue weighted by Gasteiger charge is 2.16. The van der Waals surface area contributed by atoms with Crippen molar-refractivity contribution < 1.29 is 14.7 Å². The van der Waals surface area contributed by atoms with Gasteiger partial charge in [0.05, 0.1) is 11.6 Å². The third-order valence-electron chi connectivity index (χ3n) is 2.93. The second-order valence-corrected chi connectivity index (χ2v) is 4.29. The average molecular weight is 273 g/mol. The van der Waals surface area contributed by atoms with Crippen LogP contribution in [0.2, 0.25) is 0 Å². The van der Waals surface area contributed by atoms with E-state index in [0.717, 1.165) is 0 Å². The Balaban J connectivity index is 2.15. The molecule has 6 nitrogen and oxygen atoms in total. The molecule has 0 saturated heterocycles. The predicted octanol–water partition coefficient (Wildman–Crippen LogP) is 1.99. The van der Waals surface area contributed by atoms with Gasteiger partial charge in [-0.05, 0) is 24.6 Å². The fourth-order valence-corrected chi connectivity index (χ4v) is 1.87. The minimum absolute atomic E-state index is 0.0868. The van der Waals surface area contributed by atoms with Gasteiger partial charge in [-0.3, -0.25) is 4.79 Å². The number of benzene rings is 1. The molecule has 1 unspecified atom stereocenters. The van der Waals surface area contributed by atoms with Crippen LogP contribution in [0.1, 0.15) is 45.9 Å². The molecule has 1 amide bonds. The number of amides is 1. The normalized spacial score (nSPS) is 11.8. The molecule has 0 fully saturated rings. The number of nitrogens with one attached hydrogen (secondary N) is 2. The van der Waals surface area contributed by atoms with Crippen molar-refractivity contribution in [1.29, 1.82) is 0 Å². The maximum atomic E-state index is 12.1. The Kier molecular flexibility index (Phi) is 4.14. The van der Waals surface area contributed by atoms with Crippen LogP contribution in [0.5, 0.6) is 0 Å². The number of aromatic nitrogens is 2. The van der Waals surface area contributed by atoms with Crippen LogP contribution in [0.15, 0.2) is 36.7 Å². The van der Waals surface area contributed by atoms with Crippen LogP contribution in [0, 0.1) is 0 Å². The fourth-order valence-electron chi connectivity index (χ4n) is 1.87. The number of hydrogen-bond acceptors (Lipinski definition) is 3. The number of hydrogen-bond donors (Lipinski definition) is 3. The quantitative estimate of drug-likeness (QED) is 0.776. The minimum atomic E-state index is -1.06. The molecule has 0 radical (unpaired) electrons. The largest absolute Gasteiger partial charge is 0.478 e. The maximum Gasteiger partial charge on any atom is 0.335 e. The number of carboxylic acid groups (broad SMARTS) is 1. The van der Waals surface area contributed by atoms with Crippen LogP contribution in [0.25, 0.3) is 0 Å². The van der Waals surface area contributed by atoms with Crippen LogP contribution in [-0.4, -0.2) is 27.0 Å². The van der Waals surface area contributed by atoms with Gasteiger partial charge in [0.15, 0.2) is 0 Å². The lowest BCUT2D eigenvalue weighted by molar-refractivity contribution is 0.0697. The molecule has 0 aliphatic heterocycles. The molecular formula is C14H15N3O3. The van der Waals surface area contributed by atoms with E-state index in [0.29, 0.717) is 17.8 Å². The number of carbonyl (C=O) groups is 2. The van der Waals surface area contributed by atoms with Crippen molar-refractivity contribution in [3.05, 3.63) is 53.6 Å². The fraction of sp³-hybridized carbons (Fsp3) is 0.214. The summed E-state index contributed by atoms with van der Waals surface area (Å²) in [6.07, 6.45) is 3.99. The lowest BCUT2D eigenvalue weighted by Crippen LogP contribution is -2.29. The average Bonchev–Trinajstić information content (AvgIpc) is 2.98. The Labute approximate surface area is 115 Å². The Hall–Kier alpha value is -2.63. The highest BCUT2D eigenvalue weighted by Crippen LogP contribution is 2.13. The van der Waals surface area contributed by atoms with Crippen molar-refractivity contribution in [3.63, 3.8) is 0 Å². The van der Waals surface area contributed by atoms with E-state index in [4.69, 9.17) is 5.11 Å². The summed E-state index contributed by atoms with van der Waals surface area (Å²) in [5.41, 5.74) is 0.401. The SMILES string of the molecule is CCC(NC(=O)c1cccc(C(=O)O)c1)c1ncc[nH]1. The number of imidazole rings is 1. The zero-order chi connectivity index (χ0) is 14.5. The van der Waals surface area contributed by atoms with Crippen molar-refractivity contribution in [2.75, 3.05) is 0 Å². The lowest BCUT2D eigenvalue weighted by Gasteiger charge is -2.14. The Morgan fingerprint density at radius 2 is 2.15 bits per heavy atom. The van der Waals surface area contributed by atoms with Gasteiger partial charge in [-0.1, -0.05) is 13.0 Å². The Bertz CT molecular complexity index is 608. The number of carbonyl (C=O) groups excluding carboxylic acids is 1. The van der Waals surface area contributed by atoms with E-state index in [1.54, 1.807) is 24.5 Å². The predicted molar refractivity (Wildman–Crippen MR) is 72.5 cm³/mol. The molecule has 0 spiro atoms. The molecule has 3 N–H and O–H groups in total. The smallest absolute Gasteiger partial charge is 0.335 e. The van der Waals surface area contributed by atoms with Gasteiger partial charge in [0.2, 0.25) is 0 Å². The highest BCUT2D eigenvalue weighted by atomic mass is 16.4. The zero-order valence-electron chi connectivity index (χ0n) is 11.0. The van der Waals surface area contributed by atoms with Gasteiger partial charge in [-0.25, -0.2) is 9.78 Å². The van der Waals surface area contributed by atoms with Crippen molar-refractivity contribution in [2.45, 2.75) is 19.4 Å². The number of nitrogens with zero attached hydrogens (tertiary/aromatic N) is 1. The van der Waals surface area contributed by atoms with E-state index in [1.807, 2.05) is 6.92 Å². The van der Waals surface area contributed by atoms with Gasteiger partial charge in [-0.2, -0.15) is 0 Å². The van der Waals surface area contributed by atoms with Gasteiger partial charge in [0.25, 0.3) is 5.91 Å². The van der Waals surface area contributed by atoms with Crippen molar-refractivity contribution >= 4 is 11.9 Å². The summed E-state index contributed by atoms with van der Waals surface area (Å²) >= 11 is 0. The summed E-state index contributed by atoms with van der Waals surface area (Å²) in [4.78, 5) is 30.1. The van der Waals surface area contributed by atoms with Gasteiger partial charge in [0, 0.05) is 18.0 Å². The first-order valence-corrected chi connectivity index (χ1v) is 6.25. The molecule has 0 aliphatic rings. The summed E-state index contributed by atoms with van der Waals surface area (Å²) in [7, 11) is 0. The number of aromatic amines is 1. The Morgan fingerprint density at radius 3 is 2.75 bits per heavy atom. The minimum Gasteiger partial charge on any atom is -0.478 e. The van der Waals surface area contributed by atoms with E-state index in [2.05, 4.69) is 15.3 Å². The van der Waals surface area contributed by atoms with E-state index in [9.17, 15) is 9.59 Å². The summed E-state index contributed by atoms with van der Waals surface area (Å²) in [6, 6.07) is 5.70. The highest BCUT2D eigenvalue weighted by molar-refractivity contribution is 5.97. The second-order valence-electron chi connectivity index (χ2n) is 4.29. The topological polar surface area (TPSA) is 95.1 Å². The van der Waals surface area contributed by atoms with Crippen LogP contribution in [-0.2, 0) is 0 Å². The first-order valence-electron chi connectivity index (χ1n) is 6.25. The maximum absolute atomic E-state index is 12.1. The van der Waals surface area contributed by atoms with Crippen LogP contribution < -0.4 is 5.32 Å². The molecule has 2 rings (SSSR count). The molecule has 1 heterocycles. The van der Waals surface area contributed by atoms with Gasteiger partial charge in [-0.15, -0.1) is 0 Å². The standard InChI is InChI=1S/C14H15N3O3/c1-2-11(12-15-6-7-16-12)17-13(18)9-4-3-5-10(8-9)14(19)20/h3-8,11H,2H2,1H3,(H,15,16)(H,17,18)(H,19,20). The second kappa shape index (κ2) is 6.01. The monoisotopic (exact) mass is 273 g/mol. The zero-order valence-corrected chi connectivity index (χ0v) is 11.0. The van der Waals surface area contributed by atoms with E-state index < -0.39 is 5.97 Å². The van der Waals surface area contributed by atoms with E-state index in [1.165, 1.54) is 12.1 Å². The van der Waals surface area contributed by atoms with Crippen molar-refractivity contribution in [2.24, 2.45) is 0 Å². The Morgan fingerprint density at radius 1 is 1.40 bits per heavy atom. The third-order valence-corrected chi connectivity index (χ3v) is 2.93. The number of H-pyrrole nitrogens is 1. The molecule has 1 atom stereocenters. The molecule has 0 bridgehead atoms. The number of aromatic carboxylic acids is 1. The van der Waals surface area contributed by atoms with Crippen LogP contribution in [0.4, 0.5) is 0 Å². The lowest BCUT2D eigenvalue weighted by atomic mass is 10.1. The van der Waals surface area contributed by atoms with Gasteiger partial charge < -0.3 is 15.4 Å². The summed E-state index contributed by atoms with van der Waals surface area (Å²) < 4.78 is 0. The molecule has 20 heavy (non-hydrogen) atoms.